The Bertz CT molecular complexity index is 1720. The predicted octanol–water partition coefficient (Wildman–Crippen LogP) is 3.52. The lowest BCUT2D eigenvalue weighted by Crippen LogP contribution is -2.67. The molecule has 4 aromatic rings. The maximum atomic E-state index is 14.4. The fourth-order valence-electron chi connectivity index (χ4n) is 5.12. The summed E-state index contributed by atoms with van der Waals surface area (Å²) in [6.07, 6.45) is 3.51. The molecule has 13 heteroatoms. The van der Waals surface area contributed by atoms with Crippen LogP contribution in [-0.2, 0) is 27.2 Å². The molecule has 1 aliphatic rings. The van der Waals surface area contributed by atoms with E-state index < -0.39 is 23.6 Å². The number of hydrogen-bond acceptors (Lipinski definition) is 10. The van der Waals surface area contributed by atoms with Crippen molar-refractivity contribution >= 4 is 54.0 Å². The van der Waals surface area contributed by atoms with Crippen molar-refractivity contribution in [3.05, 3.63) is 107 Å². The third-order valence-electron chi connectivity index (χ3n) is 7.16. The van der Waals surface area contributed by atoms with Gasteiger partial charge >= 0.3 is 5.97 Å². The molecule has 0 saturated heterocycles. The van der Waals surface area contributed by atoms with E-state index in [2.05, 4.69) is 26.8 Å². The Balaban J connectivity index is 0.00000264. The van der Waals surface area contributed by atoms with Crippen LogP contribution in [0.2, 0.25) is 0 Å². The van der Waals surface area contributed by atoms with Gasteiger partial charge in [-0.2, -0.15) is 4.98 Å². The average Bonchev–Trinajstić information content (AvgIpc) is 2.99. The average molecular weight is 638 g/mol. The SMILES string of the molecule is COC1N(Cc2ccncc2)c2ccc(C#Cc3ccccc3)c(Cc3cnc(N)nc3N)c2C(=O)C1(OC)C(=O)O.Cl.Cl. The highest BCUT2D eigenvalue weighted by Gasteiger charge is 2.61. The van der Waals surface area contributed by atoms with E-state index in [9.17, 15) is 14.7 Å². The summed E-state index contributed by atoms with van der Waals surface area (Å²) in [5.74, 6) is 4.15. The molecule has 0 saturated carbocycles. The number of methoxy groups -OCH3 is 2. The molecular weight excluding hydrogens is 607 g/mol. The number of fused-ring (bicyclic) bond motifs is 1. The zero-order valence-corrected chi connectivity index (χ0v) is 25.4. The fraction of sp³-hybridized carbons (Fsp3) is 0.194. The second-order valence-corrected chi connectivity index (χ2v) is 9.56. The highest BCUT2D eigenvalue weighted by Crippen LogP contribution is 2.43. The Labute approximate surface area is 266 Å². The highest BCUT2D eigenvalue weighted by atomic mass is 35.5. The molecule has 0 fully saturated rings. The van der Waals surface area contributed by atoms with Crippen LogP contribution >= 0.6 is 24.8 Å². The van der Waals surface area contributed by atoms with E-state index in [1.54, 1.807) is 41.6 Å². The predicted molar refractivity (Wildman–Crippen MR) is 170 cm³/mol. The van der Waals surface area contributed by atoms with Crippen molar-refractivity contribution in [1.29, 1.82) is 0 Å². The number of benzene rings is 2. The normalized spacial score (nSPS) is 16.9. The van der Waals surface area contributed by atoms with Gasteiger partial charge in [0.15, 0.2) is 6.23 Å². The molecule has 2 atom stereocenters. The number of nitrogens with zero attached hydrogens (tertiary/aromatic N) is 4. The van der Waals surface area contributed by atoms with Gasteiger partial charge in [-0.1, -0.05) is 30.0 Å². The third-order valence-corrected chi connectivity index (χ3v) is 7.16. The Morgan fingerprint density at radius 1 is 1.05 bits per heavy atom. The van der Waals surface area contributed by atoms with E-state index in [1.165, 1.54) is 20.4 Å². The number of hydrogen-bond donors (Lipinski definition) is 3. The molecule has 11 nitrogen and oxygen atoms in total. The highest BCUT2D eigenvalue weighted by molar-refractivity contribution is 6.21. The Hall–Kier alpha value is -4.73. The first-order chi connectivity index (χ1) is 20.3. The van der Waals surface area contributed by atoms with Gasteiger partial charge in [0.05, 0.1) is 5.69 Å². The number of nitrogens with two attached hydrogens (primary N) is 2. The van der Waals surface area contributed by atoms with Gasteiger partial charge in [0.1, 0.15) is 5.82 Å². The molecule has 44 heavy (non-hydrogen) atoms. The molecule has 5 N–H and O–H groups in total. The second-order valence-electron chi connectivity index (χ2n) is 9.56. The second kappa shape index (κ2) is 14.2. The van der Waals surface area contributed by atoms with Crippen molar-refractivity contribution in [3.8, 4) is 11.8 Å². The third kappa shape index (κ3) is 6.15. The van der Waals surface area contributed by atoms with Gasteiger partial charge in [0.2, 0.25) is 11.7 Å². The molecule has 5 rings (SSSR count). The minimum Gasteiger partial charge on any atom is -0.479 e. The number of halogens is 2. The number of carbonyl (C=O) groups excluding carboxylic acids is 1. The first-order valence-corrected chi connectivity index (χ1v) is 12.9. The number of anilines is 3. The van der Waals surface area contributed by atoms with Gasteiger partial charge in [-0.15, -0.1) is 24.8 Å². The molecule has 0 aliphatic carbocycles. The standard InChI is InChI=1S/C31H28N6O5.2ClH/c1-41-28-31(42-2,29(39)40)26(38)25-23(16-22-17-35-30(33)36-27(22)32)21(9-8-19-6-4-3-5-7-19)10-11-24(25)37(28)18-20-12-14-34-15-13-20;;/h3-7,10-15,17,28H,16,18H2,1-2H3,(H,39,40)(H4,32,33,35,36);2*1H. The number of ketones is 1. The maximum Gasteiger partial charge on any atom is 0.349 e. The smallest absolute Gasteiger partial charge is 0.349 e. The summed E-state index contributed by atoms with van der Waals surface area (Å²) in [6, 6.07) is 16.5. The van der Waals surface area contributed by atoms with Crippen molar-refractivity contribution in [2.45, 2.75) is 24.8 Å². The minimum absolute atomic E-state index is 0. The first-order valence-electron chi connectivity index (χ1n) is 12.9. The Morgan fingerprint density at radius 2 is 1.75 bits per heavy atom. The molecule has 0 radical (unpaired) electrons. The van der Waals surface area contributed by atoms with Crippen LogP contribution in [0.4, 0.5) is 17.5 Å². The lowest BCUT2D eigenvalue weighted by molar-refractivity contribution is -0.171. The molecule has 0 spiro atoms. The van der Waals surface area contributed by atoms with Gasteiger partial charge in [-0.25, -0.2) is 9.78 Å². The van der Waals surface area contributed by atoms with Crippen molar-refractivity contribution < 1.29 is 24.2 Å². The molecule has 3 heterocycles. The first kappa shape index (κ1) is 33.8. The molecule has 228 valence electrons. The van der Waals surface area contributed by atoms with Gasteiger partial charge < -0.3 is 30.9 Å². The van der Waals surface area contributed by atoms with E-state index >= 15 is 0 Å². The van der Waals surface area contributed by atoms with Crippen molar-refractivity contribution in [1.82, 2.24) is 15.0 Å². The number of carboxylic acids is 1. The maximum absolute atomic E-state index is 14.4. The summed E-state index contributed by atoms with van der Waals surface area (Å²) in [6.45, 7) is 0.196. The zero-order chi connectivity index (χ0) is 29.9. The van der Waals surface area contributed by atoms with Crippen LogP contribution in [0.5, 0.6) is 0 Å². The minimum atomic E-state index is -2.39. The van der Waals surface area contributed by atoms with Crippen LogP contribution < -0.4 is 16.4 Å². The van der Waals surface area contributed by atoms with E-state index in [-0.39, 0.29) is 55.1 Å². The van der Waals surface area contributed by atoms with Crippen molar-refractivity contribution in [2.75, 3.05) is 30.6 Å². The summed E-state index contributed by atoms with van der Waals surface area (Å²) in [4.78, 5) is 41.2. The number of aliphatic carboxylic acids is 1. The Morgan fingerprint density at radius 3 is 2.36 bits per heavy atom. The monoisotopic (exact) mass is 636 g/mol. The summed E-state index contributed by atoms with van der Waals surface area (Å²) in [5.41, 5.74) is 13.1. The molecule has 0 bridgehead atoms. The number of carboxylic acid groups (broad SMARTS) is 1. The molecule has 2 aromatic carbocycles. The van der Waals surface area contributed by atoms with Crippen molar-refractivity contribution in [3.63, 3.8) is 0 Å². The van der Waals surface area contributed by atoms with E-state index in [1.807, 2.05) is 30.3 Å². The summed E-state index contributed by atoms with van der Waals surface area (Å²) in [7, 11) is 2.52. The lowest BCUT2D eigenvalue weighted by atomic mass is 9.79. The molecule has 2 unspecified atom stereocenters. The van der Waals surface area contributed by atoms with Crippen LogP contribution in [0.15, 0.2) is 73.2 Å². The lowest BCUT2D eigenvalue weighted by Gasteiger charge is -2.46. The number of nitrogen functional groups attached to an aromatic ring is 2. The summed E-state index contributed by atoms with van der Waals surface area (Å²) in [5, 5.41) is 10.5. The molecular formula is C31H30Cl2N6O5. The molecule has 0 amide bonds. The number of rotatable bonds is 7. The summed E-state index contributed by atoms with van der Waals surface area (Å²) >= 11 is 0. The Kier molecular flexibility index (Phi) is 10.9. The van der Waals surface area contributed by atoms with E-state index in [4.69, 9.17) is 20.9 Å². The quantitative estimate of drug-likeness (QED) is 0.200. The van der Waals surface area contributed by atoms with Crippen molar-refractivity contribution in [2.24, 2.45) is 0 Å². The fourth-order valence-corrected chi connectivity index (χ4v) is 5.12. The van der Waals surface area contributed by atoms with Crippen LogP contribution in [0, 0.1) is 11.8 Å². The van der Waals surface area contributed by atoms with Gasteiger partial charge in [-0.3, -0.25) is 9.78 Å². The summed E-state index contributed by atoms with van der Waals surface area (Å²) < 4.78 is 11.3. The topological polar surface area (TPSA) is 167 Å². The number of aromatic nitrogens is 3. The van der Waals surface area contributed by atoms with Crippen LogP contribution in [-0.4, -0.2) is 57.9 Å². The van der Waals surface area contributed by atoms with Gasteiger partial charge in [0, 0.05) is 68.0 Å². The van der Waals surface area contributed by atoms with Gasteiger partial charge in [0.25, 0.3) is 5.60 Å². The number of Topliss-reactive ketones (excluding diaryl/α,β-unsaturated/α-hetero) is 1. The molecule has 1 aliphatic heterocycles. The number of ether oxygens (including phenoxy) is 2. The zero-order valence-electron chi connectivity index (χ0n) is 23.8. The van der Waals surface area contributed by atoms with Crippen LogP contribution in [0.25, 0.3) is 0 Å². The number of pyridine rings is 1. The molecule has 2 aromatic heterocycles. The van der Waals surface area contributed by atoms with Crippen LogP contribution in [0.1, 0.15) is 38.2 Å². The van der Waals surface area contributed by atoms with Gasteiger partial charge in [-0.05, 0) is 47.5 Å². The van der Waals surface area contributed by atoms with E-state index in [0.29, 0.717) is 22.4 Å². The van der Waals surface area contributed by atoms with E-state index in [0.717, 1.165) is 11.1 Å². The largest absolute Gasteiger partial charge is 0.479 e. The van der Waals surface area contributed by atoms with Crippen LogP contribution in [0.3, 0.4) is 0 Å². The number of carbonyl (C=O) groups is 2.